The van der Waals surface area contributed by atoms with Crippen molar-refractivity contribution in [1.29, 1.82) is 0 Å². The normalized spacial score (nSPS) is 11.9. The summed E-state index contributed by atoms with van der Waals surface area (Å²) >= 11 is 0. The number of aromatic nitrogens is 2. The summed E-state index contributed by atoms with van der Waals surface area (Å²) in [5.74, 6) is 0.322. The van der Waals surface area contributed by atoms with E-state index in [4.69, 9.17) is 10.5 Å². The van der Waals surface area contributed by atoms with Gasteiger partial charge in [-0.15, -0.1) is 0 Å². The first-order chi connectivity index (χ1) is 9.77. The molecule has 7 nitrogen and oxygen atoms in total. The lowest BCUT2D eigenvalue weighted by Crippen LogP contribution is -2.23. The molecule has 0 unspecified atom stereocenters. The maximum Gasteiger partial charge on any atom is 0.243 e. The number of nitrogen functional groups attached to an aromatic ring is 1. The number of anilines is 1. The van der Waals surface area contributed by atoms with Crippen molar-refractivity contribution in [3.63, 3.8) is 0 Å². The molecule has 2 rings (SSSR count). The van der Waals surface area contributed by atoms with Gasteiger partial charge in [-0.25, -0.2) is 12.7 Å². The van der Waals surface area contributed by atoms with E-state index in [1.54, 1.807) is 30.2 Å². The van der Waals surface area contributed by atoms with Gasteiger partial charge in [-0.05, 0) is 6.07 Å². The fourth-order valence-corrected chi connectivity index (χ4v) is 3.05. The largest absolute Gasteiger partial charge is 0.495 e. The molecule has 0 amide bonds. The molecule has 0 atom stereocenters. The smallest absolute Gasteiger partial charge is 0.243 e. The molecule has 0 fully saturated rings. The molecule has 0 saturated carbocycles. The van der Waals surface area contributed by atoms with Gasteiger partial charge in [0.05, 0.1) is 23.9 Å². The molecule has 2 N–H and O–H groups in total. The molecule has 0 radical (unpaired) electrons. The van der Waals surface area contributed by atoms with Crippen LogP contribution in [0.1, 0.15) is 0 Å². The van der Waals surface area contributed by atoms with Gasteiger partial charge in [0.15, 0.2) is 0 Å². The Balaban J connectivity index is 2.77. The number of rotatable bonds is 4. The molecule has 21 heavy (non-hydrogen) atoms. The van der Waals surface area contributed by atoms with E-state index >= 15 is 0 Å². The van der Waals surface area contributed by atoms with Crippen molar-refractivity contribution in [3.8, 4) is 16.9 Å². The summed E-state index contributed by atoms with van der Waals surface area (Å²) in [6.45, 7) is 0. The van der Waals surface area contributed by atoms with Gasteiger partial charge in [0, 0.05) is 44.5 Å². The molecule has 0 aliphatic heterocycles. The Morgan fingerprint density at radius 1 is 1.33 bits per heavy atom. The number of nitrogens with two attached hydrogens (primary N) is 1. The molecule has 114 valence electrons. The second kappa shape index (κ2) is 5.38. The maximum absolute atomic E-state index is 12.5. The Bertz CT molecular complexity index is 766. The highest BCUT2D eigenvalue weighted by Crippen LogP contribution is 2.35. The Kier molecular flexibility index (Phi) is 3.93. The van der Waals surface area contributed by atoms with E-state index in [2.05, 4.69) is 5.10 Å². The van der Waals surface area contributed by atoms with Crippen molar-refractivity contribution < 1.29 is 13.2 Å². The van der Waals surface area contributed by atoms with Crippen molar-refractivity contribution in [3.05, 3.63) is 24.5 Å². The average Bonchev–Trinajstić information content (AvgIpc) is 2.84. The topological polar surface area (TPSA) is 90.5 Å². The first-order valence-electron chi connectivity index (χ1n) is 6.16. The van der Waals surface area contributed by atoms with Crippen LogP contribution in [0.15, 0.2) is 29.4 Å². The Labute approximate surface area is 124 Å². The third-order valence-corrected chi connectivity index (χ3v) is 4.96. The second-order valence-corrected chi connectivity index (χ2v) is 6.90. The molecule has 0 saturated heterocycles. The molecular formula is C13H18N4O3S. The van der Waals surface area contributed by atoms with Crippen LogP contribution in [-0.2, 0) is 17.1 Å². The van der Waals surface area contributed by atoms with Gasteiger partial charge >= 0.3 is 0 Å². The summed E-state index contributed by atoms with van der Waals surface area (Å²) in [6.07, 6.45) is 3.33. The van der Waals surface area contributed by atoms with Crippen LogP contribution >= 0.6 is 0 Å². The molecular weight excluding hydrogens is 292 g/mol. The molecule has 1 aromatic heterocycles. The third kappa shape index (κ3) is 2.72. The zero-order valence-corrected chi connectivity index (χ0v) is 13.2. The summed E-state index contributed by atoms with van der Waals surface area (Å²) in [5, 5.41) is 4.07. The van der Waals surface area contributed by atoms with Crippen LogP contribution in [0, 0.1) is 0 Å². The quantitative estimate of drug-likeness (QED) is 0.848. The van der Waals surface area contributed by atoms with Crippen LogP contribution in [0.5, 0.6) is 5.75 Å². The van der Waals surface area contributed by atoms with Crippen molar-refractivity contribution in [1.82, 2.24) is 14.1 Å². The summed E-state index contributed by atoms with van der Waals surface area (Å²) in [5.41, 5.74) is 7.44. The molecule has 0 bridgehead atoms. The monoisotopic (exact) mass is 310 g/mol. The lowest BCUT2D eigenvalue weighted by molar-refractivity contribution is 0.415. The Morgan fingerprint density at radius 2 is 2.00 bits per heavy atom. The standard InChI is InChI=1S/C13H18N4O3S/c1-16(2)21(18,19)13-6-12(20-4)11(14)5-10(13)9-7-15-17(3)8-9/h5-8H,14H2,1-4H3. The Hall–Kier alpha value is -2.06. The highest BCUT2D eigenvalue weighted by molar-refractivity contribution is 7.89. The predicted molar refractivity (Wildman–Crippen MR) is 80.5 cm³/mol. The molecule has 1 aromatic carbocycles. The molecule has 0 spiro atoms. The number of ether oxygens (including phenoxy) is 1. The number of aryl methyl sites for hydroxylation is 1. The van der Waals surface area contributed by atoms with Gasteiger partial charge in [0.2, 0.25) is 10.0 Å². The van der Waals surface area contributed by atoms with E-state index < -0.39 is 10.0 Å². The average molecular weight is 310 g/mol. The van der Waals surface area contributed by atoms with Crippen molar-refractivity contribution >= 4 is 15.7 Å². The maximum atomic E-state index is 12.5. The minimum absolute atomic E-state index is 0.131. The fraction of sp³-hybridized carbons (Fsp3) is 0.308. The van der Waals surface area contributed by atoms with Crippen molar-refractivity contribution in [2.24, 2.45) is 7.05 Å². The second-order valence-electron chi connectivity index (χ2n) is 4.78. The van der Waals surface area contributed by atoms with E-state index in [0.717, 1.165) is 4.31 Å². The lowest BCUT2D eigenvalue weighted by Gasteiger charge is -2.17. The molecule has 1 heterocycles. The summed E-state index contributed by atoms with van der Waals surface area (Å²) in [4.78, 5) is 0.131. The van der Waals surface area contributed by atoms with Gasteiger partial charge < -0.3 is 10.5 Å². The van der Waals surface area contributed by atoms with Gasteiger partial charge in [0.1, 0.15) is 5.75 Å². The van der Waals surface area contributed by atoms with Gasteiger partial charge in [-0.2, -0.15) is 5.10 Å². The zero-order valence-electron chi connectivity index (χ0n) is 12.4. The van der Waals surface area contributed by atoms with Crippen LogP contribution in [0.25, 0.3) is 11.1 Å². The van der Waals surface area contributed by atoms with Crippen LogP contribution in [0.2, 0.25) is 0 Å². The van der Waals surface area contributed by atoms with Gasteiger partial charge in [-0.1, -0.05) is 0 Å². The molecule has 2 aromatic rings. The van der Waals surface area contributed by atoms with Crippen molar-refractivity contribution in [2.45, 2.75) is 4.90 Å². The van der Waals surface area contributed by atoms with E-state index in [0.29, 0.717) is 22.6 Å². The van der Waals surface area contributed by atoms with E-state index in [1.165, 1.54) is 27.3 Å². The number of sulfonamides is 1. The SMILES string of the molecule is COc1cc(S(=O)(=O)N(C)C)c(-c2cnn(C)c2)cc1N. The number of hydrogen-bond donors (Lipinski definition) is 1. The van der Waals surface area contributed by atoms with Crippen molar-refractivity contribution in [2.75, 3.05) is 26.9 Å². The lowest BCUT2D eigenvalue weighted by atomic mass is 10.1. The first-order valence-corrected chi connectivity index (χ1v) is 7.60. The number of benzene rings is 1. The van der Waals surface area contributed by atoms with Gasteiger partial charge in [-0.3, -0.25) is 4.68 Å². The van der Waals surface area contributed by atoms with Crippen LogP contribution in [0.3, 0.4) is 0 Å². The van der Waals surface area contributed by atoms with Gasteiger partial charge in [0.25, 0.3) is 0 Å². The summed E-state index contributed by atoms with van der Waals surface area (Å²) in [7, 11) is 2.53. The summed E-state index contributed by atoms with van der Waals surface area (Å²) in [6, 6.07) is 3.03. The zero-order chi connectivity index (χ0) is 15.8. The van der Waals surface area contributed by atoms with Crippen LogP contribution < -0.4 is 10.5 Å². The van der Waals surface area contributed by atoms with E-state index in [9.17, 15) is 8.42 Å². The third-order valence-electron chi connectivity index (χ3n) is 3.11. The fourth-order valence-electron chi connectivity index (χ4n) is 1.95. The predicted octanol–water partition coefficient (Wildman–Crippen LogP) is 0.928. The summed E-state index contributed by atoms with van der Waals surface area (Å²) < 4.78 is 32.9. The van der Waals surface area contributed by atoms with Crippen LogP contribution in [0.4, 0.5) is 5.69 Å². The van der Waals surface area contributed by atoms with Crippen LogP contribution in [-0.4, -0.2) is 43.7 Å². The molecule has 8 heteroatoms. The number of hydrogen-bond acceptors (Lipinski definition) is 5. The highest BCUT2D eigenvalue weighted by Gasteiger charge is 2.24. The number of nitrogens with zero attached hydrogens (tertiary/aromatic N) is 3. The van der Waals surface area contributed by atoms with E-state index in [1.807, 2.05) is 0 Å². The minimum Gasteiger partial charge on any atom is -0.495 e. The molecule has 0 aliphatic rings. The number of methoxy groups -OCH3 is 1. The highest BCUT2D eigenvalue weighted by atomic mass is 32.2. The van der Waals surface area contributed by atoms with E-state index in [-0.39, 0.29) is 4.90 Å². The minimum atomic E-state index is -3.64. The Morgan fingerprint density at radius 3 is 2.48 bits per heavy atom. The first kappa shape index (κ1) is 15.3. The molecule has 0 aliphatic carbocycles.